The van der Waals surface area contributed by atoms with Crippen molar-refractivity contribution in [2.24, 2.45) is 0 Å². The van der Waals surface area contributed by atoms with Gasteiger partial charge in [-0.2, -0.15) is 0 Å². The van der Waals surface area contributed by atoms with Crippen LogP contribution in [0.2, 0.25) is 0 Å². The summed E-state index contributed by atoms with van der Waals surface area (Å²) in [6.07, 6.45) is 17.4. The molecule has 0 spiro atoms. The molecule has 2 aliphatic carbocycles. The Morgan fingerprint density at radius 1 is 0.456 bits per heavy atom. The minimum atomic E-state index is 0.133. The molecule has 1 N–H and O–H groups in total. The lowest BCUT2D eigenvalue weighted by molar-refractivity contribution is 0.727. The maximum absolute atomic E-state index is 4.00. The van der Waals surface area contributed by atoms with Crippen LogP contribution in [-0.4, -0.2) is 19.1 Å². The molecule has 4 nitrogen and oxygen atoms in total. The first-order valence-corrected chi connectivity index (χ1v) is 27.8. The summed E-state index contributed by atoms with van der Waals surface area (Å²) >= 11 is 0. The molecule has 4 heteroatoms. The zero-order chi connectivity index (χ0) is 52.1. The Balaban J connectivity index is 0.816. The predicted molar refractivity (Wildman–Crippen MR) is 337 cm³/mol. The third kappa shape index (κ3) is 7.00. The monoisotopic (exact) mass is 1010 g/mol. The second-order valence-corrected chi connectivity index (χ2v) is 21.5. The molecule has 4 aliphatic rings. The highest BCUT2D eigenvalue weighted by Crippen LogP contribution is 2.56. The van der Waals surface area contributed by atoms with E-state index in [-0.39, 0.29) is 18.0 Å². The highest BCUT2D eigenvalue weighted by Gasteiger charge is 2.39. The maximum atomic E-state index is 4.00. The first kappa shape index (κ1) is 45.3. The van der Waals surface area contributed by atoms with E-state index in [1.807, 2.05) is 0 Å². The van der Waals surface area contributed by atoms with Crippen LogP contribution in [0.4, 0.5) is 45.5 Å². The number of para-hydroxylation sites is 3. The number of nitrogens with one attached hydrogen (secondary N) is 1. The van der Waals surface area contributed by atoms with E-state index in [0.29, 0.717) is 0 Å². The van der Waals surface area contributed by atoms with Gasteiger partial charge in [0.1, 0.15) is 0 Å². The van der Waals surface area contributed by atoms with Crippen LogP contribution in [0.15, 0.2) is 273 Å². The van der Waals surface area contributed by atoms with E-state index < -0.39 is 0 Å². The zero-order valence-electron chi connectivity index (χ0n) is 43.8. The predicted octanol–water partition coefficient (Wildman–Crippen LogP) is 19.9. The number of hydrogen-bond acceptors (Lipinski definition) is 4. The third-order valence-electron chi connectivity index (χ3n) is 17.3. The lowest BCUT2D eigenvalue weighted by atomic mass is 9.81. The Hall–Kier alpha value is -9.90. The Morgan fingerprint density at radius 3 is 1.59 bits per heavy atom. The second-order valence-electron chi connectivity index (χ2n) is 21.5. The SMILES string of the molecule is CN1c2cc3c4c(cccc4c2C2C=CC(c4c5ccccc5c(N(c5ccccc5)C5C=CC=CC5)c5ccccc45)=CC21)Nc1cc(-c2c4ccccc4c(N(c4ccccc4)c4ccccc4)c4ccccc24)ccc1-3. The molecule has 0 saturated carbocycles. The number of fused-ring (bicyclic) bond motifs is 10. The van der Waals surface area contributed by atoms with Crippen LogP contribution in [0, 0.1) is 0 Å². The summed E-state index contributed by atoms with van der Waals surface area (Å²) in [5.41, 5.74) is 18.3. The molecule has 0 saturated heterocycles. The number of allylic oxidation sites excluding steroid dienone is 4. The molecule has 16 rings (SSSR count). The topological polar surface area (TPSA) is 21.8 Å². The van der Waals surface area contributed by atoms with Crippen LogP contribution in [-0.2, 0) is 0 Å². The van der Waals surface area contributed by atoms with Gasteiger partial charge in [0, 0.05) is 79.6 Å². The summed E-state index contributed by atoms with van der Waals surface area (Å²) in [4.78, 5) is 7.55. The summed E-state index contributed by atoms with van der Waals surface area (Å²) in [7, 11) is 2.31. The summed E-state index contributed by atoms with van der Waals surface area (Å²) in [5.74, 6) is 0.192. The molecule has 0 fully saturated rings. The smallest absolute Gasteiger partial charge is 0.0618 e. The van der Waals surface area contributed by atoms with Gasteiger partial charge in [-0.15, -0.1) is 0 Å². The van der Waals surface area contributed by atoms with Crippen molar-refractivity contribution >= 4 is 105 Å². The van der Waals surface area contributed by atoms with Crippen molar-refractivity contribution in [3.63, 3.8) is 0 Å². The third-order valence-corrected chi connectivity index (χ3v) is 17.3. The Bertz CT molecular complexity index is 4440. The lowest BCUT2D eigenvalue weighted by Gasteiger charge is -2.35. The van der Waals surface area contributed by atoms with E-state index in [1.54, 1.807) is 0 Å². The van der Waals surface area contributed by atoms with Crippen molar-refractivity contribution in [3.05, 3.63) is 284 Å². The molecule has 12 aromatic carbocycles. The van der Waals surface area contributed by atoms with Gasteiger partial charge < -0.3 is 20.0 Å². The maximum Gasteiger partial charge on any atom is 0.0618 e. The van der Waals surface area contributed by atoms with Crippen LogP contribution in [0.5, 0.6) is 0 Å². The fraction of sp³-hybridized carbons (Fsp3) is 0.0667. The molecule has 0 radical (unpaired) electrons. The molecular weight excluding hydrogens is 957 g/mol. The summed E-state index contributed by atoms with van der Waals surface area (Å²) in [5, 5.41) is 16.5. The molecule has 79 heavy (non-hydrogen) atoms. The summed E-state index contributed by atoms with van der Waals surface area (Å²) in [6, 6.07) is 85.4. The minimum Gasteiger partial charge on any atom is -0.367 e. The molecule has 0 bridgehead atoms. The van der Waals surface area contributed by atoms with Crippen molar-refractivity contribution in [1.29, 1.82) is 0 Å². The number of likely N-dealkylation sites (N-methyl/N-ethyl adjacent to an activating group) is 1. The summed E-state index contributed by atoms with van der Waals surface area (Å²) < 4.78 is 0. The molecule has 3 unspecified atom stereocenters. The molecule has 12 aromatic rings. The molecule has 2 aliphatic heterocycles. The quantitative estimate of drug-likeness (QED) is 0.153. The van der Waals surface area contributed by atoms with Gasteiger partial charge in [-0.05, 0) is 121 Å². The standard InChI is InChI=1S/C75H54N4/c1-77-68-46-49(71-57-33-16-20-37-61(57)75(62-38-21-17-34-58(62)71)79(52-27-10-4-11-28-52)53-29-12-5-13-30-53)42-44-63(68)73-64-39-22-40-66-72(64)65(47-69(73)77)54-43-41-48(45-67(54)76-66)70-55-31-14-18-35-59(55)74(60-36-19-15-32-56(60)70)78(50-23-6-2-7-24-50)51-25-8-3-9-26-51/h2-29,31-47,53,63,68,76H,30H2,1H3. The van der Waals surface area contributed by atoms with E-state index in [9.17, 15) is 0 Å². The largest absolute Gasteiger partial charge is 0.367 e. The molecule has 374 valence electrons. The Morgan fingerprint density at radius 2 is 1.00 bits per heavy atom. The fourth-order valence-electron chi connectivity index (χ4n) is 14.0. The number of nitrogens with zero attached hydrogens (tertiary/aromatic N) is 3. The normalized spacial score (nSPS) is 16.7. The number of hydrogen-bond donors (Lipinski definition) is 1. The van der Waals surface area contributed by atoms with Gasteiger partial charge in [0.25, 0.3) is 0 Å². The first-order chi connectivity index (χ1) is 39.2. The lowest BCUT2D eigenvalue weighted by Crippen LogP contribution is -2.30. The van der Waals surface area contributed by atoms with Gasteiger partial charge in [-0.1, -0.05) is 218 Å². The first-order valence-electron chi connectivity index (χ1n) is 27.8. The molecule has 2 heterocycles. The average molecular weight is 1010 g/mol. The molecule has 0 amide bonds. The van der Waals surface area contributed by atoms with Gasteiger partial charge in [-0.25, -0.2) is 0 Å². The summed E-state index contributed by atoms with van der Waals surface area (Å²) in [6.45, 7) is 0. The van der Waals surface area contributed by atoms with Crippen LogP contribution >= 0.6 is 0 Å². The number of rotatable bonds is 8. The average Bonchev–Trinajstić information content (AvgIpc) is 3.93. The minimum absolute atomic E-state index is 0.133. The second kappa shape index (κ2) is 18.1. The molecular formula is C75H54N4. The van der Waals surface area contributed by atoms with E-state index >= 15 is 0 Å². The van der Waals surface area contributed by atoms with Crippen LogP contribution in [0.1, 0.15) is 23.5 Å². The van der Waals surface area contributed by atoms with Crippen molar-refractivity contribution < 1.29 is 0 Å². The number of benzene rings is 12. The van der Waals surface area contributed by atoms with Gasteiger partial charge in [0.15, 0.2) is 0 Å². The highest BCUT2D eigenvalue weighted by molar-refractivity contribution is 6.24. The van der Waals surface area contributed by atoms with E-state index in [2.05, 4.69) is 300 Å². The van der Waals surface area contributed by atoms with Crippen molar-refractivity contribution in [3.8, 4) is 22.3 Å². The Labute approximate surface area is 460 Å². The van der Waals surface area contributed by atoms with Crippen LogP contribution in [0.3, 0.4) is 0 Å². The van der Waals surface area contributed by atoms with E-state index in [0.717, 1.165) is 29.2 Å². The molecule has 3 atom stereocenters. The highest BCUT2D eigenvalue weighted by atomic mass is 15.2. The van der Waals surface area contributed by atoms with E-state index in [4.69, 9.17) is 0 Å². The van der Waals surface area contributed by atoms with Gasteiger partial charge >= 0.3 is 0 Å². The van der Waals surface area contributed by atoms with Crippen molar-refractivity contribution in [1.82, 2.24) is 0 Å². The van der Waals surface area contributed by atoms with Gasteiger partial charge in [0.05, 0.1) is 23.5 Å². The van der Waals surface area contributed by atoms with Crippen LogP contribution in [0.25, 0.3) is 81.7 Å². The van der Waals surface area contributed by atoms with Gasteiger partial charge in [-0.3, -0.25) is 0 Å². The van der Waals surface area contributed by atoms with Crippen molar-refractivity contribution in [2.75, 3.05) is 27.1 Å². The van der Waals surface area contributed by atoms with Crippen LogP contribution < -0.4 is 20.0 Å². The van der Waals surface area contributed by atoms with Gasteiger partial charge in [0.2, 0.25) is 0 Å². The van der Waals surface area contributed by atoms with Crippen molar-refractivity contribution in [2.45, 2.75) is 24.4 Å². The Kier molecular flexibility index (Phi) is 10.4. The fourth-order valence-corrected chi connectivity index (χ4v) is 14.0. The number of anilines is 8. The van der Waals surface area contributed by atoms with E-state index in [1.165, 1.54) is 116 Å². The molecule has 0 aromatic heterocycles. The zero-order valence-corrected chi connectivity index (χ0v) is 43.8.